The molecule has 0 spiro atoms. The number of rotatable bonds is 6. The van der Waals surface area contributed by atoms with E-state index in [-0.39, 0.29) is 11.9 Å². The highest BCUT2D eigenvalue weighted by Gasteiger charge is 2.38. The lowest BCUT2D eigenvalue weighted by molar-refractivity contribution is -0.116. The van der Waals surface area contributed by atoms with E-state index in [2.05, 4.69) is 90.3 Å². The van der Waals surface area contributed by atoms with Crippen LogP contribution in [0.1, 0.15) is 41.5 Å². The Morgan fingerprint density at radius 1 is 1.03 bits per heavy atom. The maximum Gasteiger partial charge on any atom is 0.224 e. The molecule has 3 aromatic carbocycles. The van der Waals surface area contributed by atoms with Crippen LogP contribution in [0.4, 0.5) is 17.1 Å². The van der Waals surface area contributed by atoms with Crippen LogP contribution in [-0.2, 0) is 11.2 Å². The average molecular weight is 438 g/mol. The molecule has 0 fully saturated rings. The fraction of sp³-hybridized carbons (Fsp3) is 0.276. The van der Waals surface area contributed by atoms with E-state index < -0.39 is 0 Å². The number of nitrogens with zero attached hydrogens (tertiary/aromatic N) is 1. The van der Waals surface area contributed by atoms with Gasteiger partial charge in [0.15, 0.2) is 0 Å². The minimum absolute atomic E-state index is 0.0555. The standard InChI is InChI=1S/C29H31N3O/c1-32(2)23-15-12-21(13-16-23)29-25-10-6-9-24(25)26-19-22(14-17-27(26)31-29)30-28(33)18-11-20-7-4-3-5-8-20/h3-9,12-17,19,24-25,29,31H,10-11,18H2,1-2H3,(H,30,33). The highest BCUT2D eigenvalue weighted by molar-refractivity contribution is 5.91. The predicted molar refractivity (Wildman–Crippen MR) is 137 cm³/mol. The summed E-state index contributed by atoms with van der Waals surface area (Å²) in [5.74, 6) is 0.896. The van der Waals surface area contributed by atoms with E-state index in [9.17, 15) is 4.79 Å². The number of carbonyl (C=O) groups is 1. The molecule has 3 unspecified atom stereocenters. The van der Waals surface area contributed by atoms with Crippen LogP contribution in [0.15, 0.2) is 84.9 Å². The second-order valence-electron chi connectivity index (χ2n) is 9.30. The third kappa shape index (κ3) is 4.51. The molecule has 1 heterocycles. The van der Waals surface area contributed by atoms with Crippen molar-refractivity contribution in [3.8, 4) is 0 Å². The third-order valence-corrected chi connectivity index (χ3v) is 6.90. The lowest BCUT2D eigenvalue weighted by Crippen LogP contribution is -2.29. The summed E-state index contributed by atoms with van der Waals surface area (Å²) in [5.41, 5.74) is 7.03. The highest BCUT2D eigenvalue weighted by Crippen LogP contribution is 2.50. The highest BCUT2D eigenvalue weighted by atomic mass is 16.1. The van der Waals surface area contributed by atoms with Gasteiger partial charge in [-0.05, 0) is 65.8 Å². The van der Waals surface area contributed by atoms with E-state index in [1.54, 1.807) is 0 Å². The van der Waals surface area contributed by atoms with E-state index in [1.165, 1.54) is 22.4 Å². The summed E-state index contributed by atoms with van der Waals surface area (Å²) in [6.07, 6.45) is 6.94. The van der Waals surface area contributed by atoms with Gasteiger partial charge in [0, 0.05) is 43.5 Å². The number of aryl methyl sites for hydroxylation is 1. The molecule has 1 aliphatic carbocycles. The van der Waals surface area contributed by atoms with Crippen molar-refractivity contribution in [2.45, 2.75) is 31.2 Å². The quantitative estimate of drug-likeness (QED) is 0.455. The van der Waals surface area contributed by atoms with Gasteiger partial charge in [0.2, 0.25) is 5.91 Å². The van der Waals surface area contributed by atoms with E-state index in [0.29, 0.717) is 18.3 Å². The minimum atomic E-state index is 0.0555. The van der Waals surface area contributed by atoms with E-state index in [0.717, 1.165) is 24.2 Å². The van der Waals surface area contributed by atoms with Crippen molar-refractivity contribution >= 4 is 23.0 Å². The summed E-state index contributed by atoms with van der Waals surface area (Å²) < 4.78 is 0. The Hall–Kier alpha value is -3.53. The SMILES string of the molecule is CN(C)c1ccc(C2Nc3ccc(NC(=O)CCc4ccccc4)cc3C3C=CCC32)cc1. The van der Waals surface area contributed by atoms with Crippen molar-refractivity contribution in [1.82, 2.24) is 0 Å². The molecule has 0 aromatic heterocycles. The number of allylic oxidation sites excluding steroid dienone is 2. The van der Waals surface area contributed by atoms with Crippen LogP contribution >= 0.6 is 0 Å². The normalized spacial score (nSPS) is 20.5. The van der Waals surface area contributed by atoms with Crippen LogP contribution < -0.4 is 15.5 Å². The topological polar surface area (TPSA) is 44.4 Å². The van der Waals surface area contributed by atoms with Crippen LogP contribution in [0.25, 0.3) is 0 Å². The van der Waals surface area contributed by atoms with Gasteiger partial charge in [0.05, 0.1) is 6.04 Å². The molecule has 168 valence electrons. The fourth-order valence-electron chi connectivity index (χ4n) is 5.11. The Labute approximate surface area is 196 Å². The van der Waals surface area contributed by atoms with E-state index in [4.69, 9.17) is 0 Å². The zero-order valence-corrected chi connectivity index (χ0v) is 19.3. The van der Waals surface area contributed by atoms with Gasteiger partial charge < -0.3 is 15.5 Å². The number of fused-ring (bicyclic) bond motifs is 3. The number of anilines is 3. The summed E-state index contributed by atoms with van der Waals surface area (Å²) in [7, 11) is 4.14. The van der Waals surface area contributed by atoms with E-state index in [1.807, 2.05) is 24.3 Å². The number of nitrogens with one attached hydrogen (secondary N) is 2. The molecule has 2 N–H and O–H groups in total. The maximum atomic E-state index is 12.5. The van der Waals surface area contributed by atoms with Gasteiger partial charge in [0.25, 0.3) is 0 Å². The Balaban J connectivity index is 1.31. The molecule has 0 bridgehead atoms. The molecule has 5 rings (SSSR count). The van der Waals surface area contributed by atoms with Crippen molar-refractivity contribution < 1.29 is 4.79 Å². The second-order valence-corrected chi connectivity index (χ2v) is 9.30. The summed E-state index contributed by atoms with van der Waals surface area (Å²) in [5, 5.41) is 6.90. The van der Waals surface area contributed by atoms with Gasteiger partial charge in [-0.15, -0.1) is 0 Å². The molecular weight excluding hydrogens is 406 g/mol. The van der Waals surface area contributed by atoms with Crippen LogP contribution in [0.5, 0.6) is 0 Å². The Kier molecular flexibility index (Phi) is 5.91. The minimum Gasteiger partial charge on any atom is -0.378 e. The molecule has 0 saturated carbocycles. The predicted octanol–water partition coefficient (Wildman–Crippen LogP) is 6.15. The number of hydrogen-bond donors (Lipinski definition) is 2. The smallest absolute Gasteiger partial charge is 0.224 e. The lowest BCUT2D eigenvalue weighted by Gasteiger charge is -2.38. The summed E-state index contributed by atoms with van der Waals surface area (Å²) in [6, 6.07) is 25.6. The lowest BCUT2D eigenvalue weighted by atomic mass is 9.77. The largest absolute Gasteiger partial charge is 0.378 e. The van der Waals surface area contributed by atoms with Crippen LogP contribution in [0, 0.1) is 5.92 Å². The van der Waals surface area contributed by atoms with Crippen molar-refractivity contribution in [3.63, 3.8) is 0 Å². The molecule has 1 amide bonds. The first-order valence-corrected chi connectivity index (χ1v) is 11.8. The van der Waals surface area contributed by atoms with Crippen molar-refractivity contribution in [2.75, 3.05) is 29.6 Å². The molecule has 4 heteroatoms. The van der Waals surface area contributed by atoms with Gasteiger partial charge >= 0.3 is 0 Å². The zero-order chi connectivity index (χ0) is 22.8. The molecule has 3 aromatic rings. The molecule has 0 saturated heterocycles. The molecule has 0 radical (unpaired) electrons. The number of carbonyl (C=O) groups excluding carboxylic acids is 1. The fourth-order valence-corrected chi connectivity index (χ4v) is 5.11. The maximum absolute atomic E-state index is 12.5. The summed E-state index contributed by atoms with van der Waals surface area (Å²) in [6.45, 7) is 0. The van der Waals surface area contributed by atoms with Gasteiger partial charge in [-0.1, -0.05) is 54.6 Å². The summed E-state index contributed by atoms with van der Waals surface area (Å²) in [4.78, 5) is 14.7. The second kappa shape index (κ2) is 9.14. The molecule has 4 nitrogen and oxygen atoms in total. The van der Waals surface area contributed by atoms with Gasteiger partial charge in [0.1, 0.15) is 0 Å². The molecule has 1 aliphatic heterocycles. The molecule has 33 heavy (non-hydrogen) atoms. The van der Waals surface area contributed by atoms with Crippen LogP contribution in [0.3, 0.4) is 0 Å². The van der Waals surface area contributed by atoms with Crippen LogP contribution in [0.2, 0.25) is 0 Å². The molecule has 3 atom stereocenters. The zero-order valence-electron chi connectivity index (χ0n) is 19.3. The Morgan fingerprint density at radius 2 is 1.82 bits per heavy atom. The number of amides is 1. The Morgan fingerprint density at radius 3 is 2.58 bits per heavy atom. The van der Waals surface area contributed by atoms with Gasteiger partial charge in [-0.2, -0.15) is 0 Å². The summed E-state index contributed by atoms with van der Waals surface area (Å²) >= 11 is 0. The first-order chi connectivity index (χ1) is 16.1. The molecular formula is C29H31N3O. The monoisotopic (exact) mass is 437 g/mol. The van der Waals surface area contributed by atoms with Gasteiger partial charge in [-0.25, -0.2) is 0 Å². The number of hydrogen-bond acceptors (Lipinski definition) is 3. The van der Waals surface area contributed by atoms with Crippen LogP contribution in [-0.4, -0.2) is 20.0 Å². The van der Waals surface area contributed by atoms with Crippen molar-refractivity contribution in [1.29, 1.82) is 0 Å². The van der Waals surface area contributed by atoms with Crippen molar-refractivity contribution in [3.05, 3.63) is 102 Å². The average Bonchev–Trinajstić information content (AvgIpc) is 3.33. The first kappa shape index (κ1) is 21.3. The van der Waals surface area contributed by atoms with Crippen molar-refractivity contribution in [2.24, 2.45) is 5.92 Å². The number of benzene rings is 3. The third-order valence-electron chi connectivity index (χ3n) is 6.90. The van der Waals surface area contributed by atoms with Gasteiger partial charge in [-0.3, -0.25) is 4.79 Å². The first-order valence-electron chi connectivity index (χ1n) is 11.8. The molecule has 2 aliphatic rings. The van der Waals surface area contributed by atoms with E-state index >= 15 is 0 Å². The Bertz CT molecular complexity index is 1150.